The lowest BCUT2D eigenvalue weighted by atomic mass is 10.2. The maximum Gasteiger partial charge on any atom is 0.343 e. The number of carbonyl (C=O) groups excluding carboxylic acids is 1. The molecule has 1 aromatic heterocycles. The van der Waals surface area contributed by atoms with Gasteiger partial charge in [0, 0.05) is 10.0 Å². The average molecular weight is 462 g/mol. The van der Waals surface area contributed by atoms with Crippen molar-refractivity contribution in [2.24, 2.45) is 5.10 Å². The Morgan fingerprint density at radius 2 is 1.80 bits per heavy atom. The summed E-state index contributed by atoms with van der Waals surface area (Å²) in [5.74, 6) is 0.302. The van der Waals surface area contributed by atoms with E-state index in [4.69, 9.17) is 4.74 Å². The van der Waals surface area contributed by atoms with Crippen LogP contribution in [0.2, 0.25) is 0 Å². The van der Waals surface area contributed by atoms with Crippen LogP contribution < -0.4 is 10.3 Å². The van der Waals surface area contributed by atoms with Gasteiger partial charge in [-0.1, -0.05) is 46.3 Å². The Kier molecular flexibility index (Phi) is 5.54. The average Bonchev–Trinajstić information content (AvgIpc) is 2.76. The molecule has 7 heteroatoms. The molecule has 0 N–H and O–H groups in total. The summed E-state index contributed by atoms with van der Waals surface area (Å²) < 4.78 is 7.56. The molecule has 3 aromatic carbocycles. The smallest absolute Gasteiger partial charge is 0.343 e. The molecule has 0 aliphatic carbocycles. The highest BCUT2D eigenvalue weighted by molar-refractivity contribution is 9.10. The van der Waals surface area contributed by atoms with Crippen molar-refractivity contribution in [2.45, 2.75) is 6.92 Å². The van der Waals surface area contributed by atoms with Gasteiger partial charge in [-0.05, 0) is 49.4 Å². The molecule has 0 fully saturated rings. The van der Waals surface area contributed by atoms with Gasteiger partial charge in [0.1, 0.15) is 11.6 Å². The van der Waals surface area contributed by atoms with Crippen molar-refractivity contribution in [1.29, 1.82) is 0 Å². The zero-order chi connectivity index (χ0) is 21.1. The van der Waals surface area contributed by atoms with Crippen molar-refractivity contribution < 1.29 is 9.53 Å². The summed E-state index contributed by atoms with van der Waals surface area (Å²) >= 11 is 3.41. The van der Waals surface area contributed by atoms with Crippen LogP contribution in [0.3, 0.4) is 0 Å². The first kappa shape index (κ1) is 19.7. The second-order valence-electron chi connectivity index (χ2n) is 6.48. The van der Waals surface area contributed by atoms with Gasteiger partial charge in [0.2, 0.25) is 0 Å². The first-order valence-corrected chi connectivity index (χ1v) is 9.92. The number of carbonyl (C=O) groups is 1. The van der Waals surface area contributed by atoms with E-state index in [0.717, 1.165) is 4.47 Å². The van der Waals surface area contributed by atoms with Crippen molar-refractivity contribution in [1.82, 2.24) is 9.66 Å². The van der Waals surface area contributed by atoms with Crippen LogP contribution in [0.5, 0.6) is 5.75 Å². The van der Waals surface area contributed by atoms with Crippen molar-refractivity contribution >= 4 is 39.0 Å². The molecule has 30 heavy (non-hydrogen) atoms. The van der Waals surface area contributed by atoms with Crippen LogP contribution in [-0.2, 0) is 0 Å². The fraction of sp³-hybridized carbons (Fsp3) is 0.0435. The first-order valence-electron chi connectivity index (χ1n) is 9.12. The highest BCUT2D eigenvalue weighted by Crippen LogP contribution is 2.23. The molecule has 0 aliphatic heterocycles. The second kappa shape index (κ2) is 8.42. The maximum atomic E-state index is 12.8. The summed E-state index contributed by atoms with van der Waals surface area (Å²) in [4.78, 5) is 29.7. The van der Waals surface area contributed by atoms with E-state index in [1.54, 1.807) is 67.6 Å². The van der Waals surface area contributed by atoms with E-state index in [2.05, 4.69) is 26.0 Å². The molecule has 6 nitrogen and oxygen atoms in total. The van der Waals surface area contributed by atoms with E-state index >= 15 is 0 Å². The number of hydrogen-bond acceptors (Lipinski definition) is 5. The van der Waals surface area contributed by atoms with E-state index < -0.39 is 5.97 Å². The zero-order valence-electron chi connectivity index (χ0n) is 15.9. The molecule has 0 spiro atoms. The third kappa shape index (κ3) is 4.06. The monoisotopic (exact) mass is 461 g/mol. The predicted octanol–water partition coefficient (Wildman–Crippen LogP) is 4.57. The normalized spacial score (nSPS) is 11.1. The number of hydrogen-bond donors (Lipinski definition) is 0. The van der Waals surface area contributed by atoms with Gasteiger partial charge in [-0.15, -0.1) is 0 Å². The van der Waals surface area contributed by atoms with Gasteiger partial charge >= 0.3 is 5.97 Å². The molecule has 4 aromatic rings. The van der Waals surface area contributed by atoms with Gasteiger partial charge in [-0.3, -0.25) is 4.79 Å². The topological polar surface area (TPSA) is 73.6 Å². The molecule has 0 radical (unpaired) electrons. The minimum Gasteiger partial charge on any atom is -0.422 e. The van der Waals surface area contributed by atoms with Gasteiger partial charge < -0.3 is 4.74 Å². The second-order valence-corrected chi connectivity index (χ2v) is 7.39. The van der Waals surface area contributed by atoms with E-state index in [0.29, 0.717) is 33.6 Å². The van der Waals surface area contributed by atoms with Crippen LogP contribution in [0.1, 0.15) is 21.7 Å². The molecule has 0 atom stereocenters. The van der Waals surface area contributed by atoms with Crippen LogP contribution >= 0.6 is 15.9 Å². The number of ether oxygens (including phenoxy) is 1. The van der Waals surface area contributed by atoms with Gasteiger partial charge in [0.05, 0.1) is 22.7 Å². The predicted molar refractivity (Wildman–Crippen MR) is 119 cm³/mol. The lowest BCUT2D eigenvalue weighted by Gasteiger charge is -2.09. The fourth-order valence-corrected chi connectivity index (χ4v) is 3.32. The number of nitrogens with zero attached hydrogens (tertiary/aromatic N) is 3. The molecule has 148 valence electrons. The lowest BCUT2D eigenvalue weighted by Crippen LogP contribution is -2.20. The number of halogens is 1. The summed E-state index contributed by atoms with van der Waals surface area (Å²) in [6.45, 7) is 1.71. The Bertz CT molecular complexity index is 1330. The number of rotatable bonds is 4. The number of para-hydroxylation sites is 1. The first-order chi connectivity index (χ1) is 14.5. The van der Waals surface area contributed by atoms with Crippen molar-refractivity contribution in [3.8, 4) is 5.75 Å². The Morgan fingerprint density at radius 1 is 1.07 bits per heavy atom. The van der Waals surface area contributed by atoms with Crippen LogP contribution in [0.25, 0.3) is 10.9 Å². The SMILES string of the molecule is Cc1nc2ccccc2c(=O)n1N=Cc1cc(Br)ccc1OC(=O)c1ccccc1. The molecule has 4 rings (SSSR count). The van der Waals surface area contributed by atoms with Crippen LogP contribution in [0.4, 0.5) is 0 Å². The minimum atomic E-state index is -0.478. The molecule has 0 amide bonds. The van der Waals surface area contributed by atoms with Gasteiger partial charge in [0.15, 0.2) is 0 Å². The minimum absolute atomic E-state index is 0.271. The number of esters is 1. The van der Waals surface area contributed by atoms with Crippen molar-refractivity contribution in [2.75, 3.05) is 0 Å². The van der Waals surface area contributed by atoms with Crippen molar-refractivity contribution in [3.05, 3.63) is 105 Å². The summed E-state index contributed by atoms with van der Waals surface area (Å²) in [7, 11) is 0. The molecule has 0 aliphatic rings. The molecular formula is C23H16BrN3O3. The molecule has 0 saturated heterocycles. The van der Waals surface area contributed by atoms with Gasteiger partial charge in [0.25, 0.3) is 5.56 Å². The van der Waals surface area contributed by atoms with E-state index in [1.165, 1.54) is 10.9 Å². The number of fused-ring (bicyclic) bond motifs is 1. The van der Waals surface area contributed by atoms with Gasteiger partial charge in [-0.25, -0.2) is 9.78 Å². The largest absolute Gasteiger partial charge is 0.422 e. The Hall–Kier alpha value is -3.58. The summed E-state index contributed by atoms with van der Waals surface area (Å²) in [6.07, 6.45) is 1.48. The quantitative estimate of drug-likeness (QED) is 0.253. The number of benzene rings is 3. The highest BCUT2D eigenvalue weighted by Gasteiger charge is 2.12. The third-order valence-electron chi connectivity index (χ3n) is 4.41. The standard InChI is InChI=1S/C23H16BrN3O3/c1-15-26-20-10-6-5-9-19(20)22(28)27(15)25-14-17-13-18(24)11-12-21(17)30-23(29)16-7-3-2-4-8-16/h2-14H,1H3. The van der Waals surface area contributed by atoms with Crippen LogP contribution in [-0.4, -0.2) is 21.8 Å². The molecular weight excluding hydrogens is 446 g/mol. The van der Waals surface area contributed by atoms with E-state index in [1.807, 2.05) is 12.1 Å². The summed E-state index contributed by atoms with van der Waals surface area (Å²) in [6, 6.07) is 21.0. The molecule has 0 unspecified atom stereocenters. The van der Waals surface area contributed by atoms with E-state index in [9.17, 15) is 9.59 Å². The number of aryl methyl sites for hydroxylation is 1. The highest BCUT2D eigenvalue weighted by atomic mass is 79.9. The number of aromatic nitrogens is 2. The van der Waals surface area contributed by atoms with Gasteiger partial charge in [-0.2, -0.15) is 9.78 Å². The Morgan fingerprint density at radius 3 is 2.60 bits per heavy atom. The van der Waals surface area contributed by atoms with E-state index in [-0.39, 0.29) is 5.56 Å². The summed E-state index contributed by atoms with van der Waals surface area (Å²) in [5, 5.41) is 4.79. The Labute approximate surface area is 180 Å². The molecule has 1 heterocycles. The van der Waals surface area contributed by atoms with Crippen molar-refractivity contribution in [3.63, 3.8) is 0 Å². The van der Waals surface area contributed by atoms with Crippen LogP contribution in [0, 0.1) is 6.92 Å². The zero-order valence-corrected chi connectivity index (χ0v) is 17.5. The molecule has 0 bridgehead atoms. The maximum absolute atomic E-state index is 12.8. The lowest BCUT2D eigenvalue weighted by molar-refractivity contribution is 0.0734. The summed E-state index contributed by atoms with van der Waals surface area (Å²) in [5.41, 5.74) is 1.32. The fourth-order valence-electron chi connectivity index (χ4n) is 2.94. The molecule has 0 saturated carbocycles. The Balaban J connectivity index is 1.71. The van der Waals surface area contributed by atoms with Crippen LogP contribution in [0.15, 0.2) is 87.2 Å². The third-order valence-corrected chi connectivity index (χ3v) is 4.91.